The summed E-state index contributed by atoms with van der Waals surface area (Å²) in [6, 6.07) is 17.2. The van der Waals surface area contributed by atoms with Gasteiger partial charge in [0, 0.05) is 11.1 Å². The van der Waals surface area contributed by atoms with Gasteiger partial charge in [0.2, 0.25) is 0 Å². The molecule has 2 rings (SSSR count). The molecule has 21 heavy (non-hydrogen) atoms. The molecule has 0 spiro atoms. The molecule has 0 fully saturated rings. The summed E-state index contributed by atoms with van der Waals surface area (Å²) in [6.07, 6.45) is 0. The van der Waals surface area contributed by atoms with Crippen LogP contribution in [0.2, 0.25) is 0 Å². The van der Waals surface area contributed by atoms with E-state index in [1.165, 1.54) is 0 Å². The summed E-state index contributed by atoms with van der Waals surface area (Å²) < 4.78 is 5.67. The minimum absolute atomic E-state index is 0.0574. The van der Waals surface area contributed by atoms with Gasteiger partial charge in [0.1, 0.15) is 12.4 Å². The van der Waals surface area contributed by atoms with E-state index in [9.17, 15) is 4.79 Å². The highest BCUT2D eigenvalue weighted by Crippen LogP contribution is 2.12. The van der Waals surface area contributed by atoms with E-state index in [1.54, 1.807) is 0 Å². The molecule has 0 heterocycles. The normalized spacial score (nSPS) is 11.0. The molecule has 0 saturated carbocycles. The van der Waals surface area contributed by atoms with E-state index in [-0.39, 0.29) is 11.4 Å². The molecule has 0 aromatic heterocycles. The number of amides is 1. The number of para-hydroxylation sites is 1. The molecule has 0 unspecified atom stereocenters. The second kappa shape index (κ2) is 6.44. The highest BCUT2D eigenvalue weighted by molar-refractivity contribution is 5.94. The van der Waals surface area contributed by atoms with Crippen LogP contribution in [-0.2, 0) is 6.61 Å². The van der Waals surface area contributed by atoms with Crippen molar-refractivity contribution >= 4 is 5.91 Å². The van der Waals surface area contributed by atoms with Crippen LogP contribution < -0.4 is 10.1 Å². The van der Waals surface area contributed by atoms with Crippen molar-refractivity contribution in [2.75, 3.05) is 0 Å². The van der Waals surface area contributed by atoms with Gasteiger partial charge in [-0.1, -0.05) is 30.3 Å². The van der Waals surface area contributed by atoms with Crippen molar-refractivity contribution in [3.63, 3.8) is 0 Å². The van der Waals surface area contributed by atoms with Gasteiger partial charge < -0.3 is 10.1 Å². The quantitative estimate of drug-likeness (QED) is 0.927. The third-order valence-electron chi connectivity index (χ3n) is 2.85. The molecular weight excluding hydrogens is 262 g/mol. The number of nitrogens with one attached hydrogen (secondary N) is 1. The average Bonchev–Trinajstić information content (AvgIpc) is 2.45. The first-order chi connectivity index (χ1) is 9.94. The Bertz CT molecular complexity index is 583. The molecule has 0 aliphatic rings. The molecular formula is C18H21NO2. The summed E-state index contributed by atoms with van der Waals surface area (Å²) in [4.78, 5) is 12.0. The molecule has 2 aromatic carbocycles. The lowest BCUT2D eigenvalue weighted by Crippen LogP contribution is -2.40. The predicted octanol–water partition coefficient (Wildman–Crippen LogP) is 3.79. The SMILES string of the molecule is CC(C)(C)NC(=O)c1ccc(COc2ccccc2)cc1. The van der Waals surface area contributed by atoms with Crippen LogP contribution in [0.3, 0.4) is 0 Å². The fourth-order valence-electron chi connectivity index (χ4n) is 1.85. The molecule has 110 valence electrons. The molecule has 3 heteroatoms. The second-order valence-electron chi connectivity index (χ2n) is 6.00. The number of hydrogen-bond donors (Lipinski definition) is 1. The fraction of sp³-hybridized carbons (Fsp3) is 0.278. The highest BCUT2D eigenvalue weighted by Gasteiger charge is 2.14. The molecule has 1 N–H and O–H groups in total. The molecule has 0 aliphatic carbocycles. The van der Waals surface area contributed by atoms with Crippen LogP contribution in [0.1, 0.15) is 36.7 Å². The van der Waals surface area contributed by atoms with E-state index >= 15 is 0 Å². The van der Waals surface area contributed by atoms with Crippen molar-refractivity contribution in [1.29, 1.82) is 0 Å². The van der Waals surface area contributed by atoms with Gasteiger partial charge in [-0.3, -0.25) is 4.79 Å². The van der Waals surface area contributed by atoms with Gasteiger partial charge in [0.05, 0.1) is 0 Å². The third-order valence-corrected chi connectivity index (χ3v) is 2.85. The lowest BCUT2D eigenvalue weighted by atomic mass is 10.1. The summed E-state index contributed by atoms with van der Waals surface area (Å²) in [7, 11) is 0. The first kappa shape index (κ1) is 15.1. The Morgan fingerprint density at radius 2 is 1.62 bits per heavy atom. The molecule has 2 aromatic rings. The van der Waals surface area contributed by atoms with E-state index in [0.29, 0.717) is 12.2 Å². The largest absolute Gasteiger partial charge is 0.489 e. The van der Waals surface area contributed by atoms with Gasteiger partial charge >= 0.3 is 0 Å². The second-order valence-corrected chi connectivity index (χ2v) is 6.00. The maximum atomic E-state index is 12.0. The molecule has 0 aliphatic heterocycles. The van der Waals surface area contributed by atoms with Gasteiger partial charge in [-0.2, -0.15) is 0 Å². The standard InChI is InChI=1S/C18H21NO2/c1-18(2,3)19-17(20)15-11-9-14(10-12-15)13-21-16-7-5-4-6-8-16/h4-12H,13H2,1-3H3,(H,19,20). The number of hydrogen-bond acceptors (Lipinski definition) is 2. The lowest BCUT2D eigenvalue weighted by Gasteiger charge is -2.20. The first-order valence-corrected chi connectivity index (χ1v) is 7.03. The van der Waals surface area contributed by atoms with Crippen LogP contribution in [0, 0.1) is 0 Å². The summed E-state index contributed by atoms with van der Waals surface area (Å²) in [6.45, 7) is 6.39. The van der Waals surface area contributed by atoms with E-state index < -0.39 is 0 Å². The Morgan fingerprint density at radius 1 is 1.00 bits per heavy atom. The Balaban J connectivity index is 1.94. The van der Waals surface area contributed by atoms with Crippen LogP contribution in [0.4, 0.5) is 0 Å². The van der Waals surface area contributed by atoms with Crippen LogP contribution in [0.25, 0.3) is 0 Å². The van der Waals surface area contributed by atoms with Crippen molar-refractivity contribution in [1.82, 2.24) is 5.32 Å². The average molecular weight is 283 g/mol. The van der Waals surface area contributed by atoms with Crippen molar-refractivity contribution in [2.45, 2.75) is 32.9 Å². The Kier molecular flexibility index (Phi) is 4.63. The number of benzene rings is 2. The zero-order valence-corrected chi connectivity index (χ0v) is 12.7. The van der Waals surface area contributed by atoms with E-state index in [4.69, 9.17) is 4.74 Å². The zero-order valence-electron chi connectivity index (χ0n) is 12.7. The van der Waals surface area contributed by atoms with Crippen LogP contribution >= 0.6 is 0 Å². The smallest absolute Gasteiger partial charge is 0.251 e. The van der Waals surface area contributed by atoms with Gasteiger partial charge in [0.25, 0.3) is 5.91 Å². The van der Waals surface area contributed by atoms with Gasteiger partial charge in [-0.15, -0.1) is 0 Å². The van der Waals surface area contributed by atoms with E-state index in [0.717, 1.165) is 11.3 Å². The van der Waals surface area contributed by atoms with E-state index in [1.807, 2.05) is 75.4 Å². The maximum Gasteiger partial charge on any atom is 0.251 e. The minimum atomic E-state index is -0.230. The van der Waals surface area contributed by atoms with Crippen molar-refractivity contribution in [3.8, 4) is 5.75 Å². The molecule has 0 saturated heterocycles. The van der Waals surface area contributed by atoms with Crippen LogP contribution in [-0.4, -0.2) is 11.4 Å². The molecule has 0 bridgehead atoms. The number of rotatable bonds is 4. The summed E-state index contributed by atoms with van der Waals surface area (Å²) in [5.74, 6) is 0.782. The lowest BCUT2D eigenvalue weighted by molar-refractivity contribution is 0.0919. The molecule has 3 nitrogen and oxygen atoms in total. The fourth-order valence-corrected chi connectivity index (χ4v) is 1.85. The summed E-state index contributed by atoms with van der Waals surface area (Å²) >= 11 is 0. The van der Waals surface area contributed by atoms with Crippen molar-refractivity contribution in [2.24, 2.45) is 0 Å². The van der Waals surface area contributed by atoms with Crippen LogP contribution in [0.15, 0.2) is 54.6 Å². The Morgan fingerprint density at radius 3 is 2.19 bits per heavy atom. The summed E-state index contributed by atoms with van der Waals surface area (Å²) in [5, 5.41) is 2.94. The molecule has 1 amide bonds. The zero-order chi connectivity index (χ0) is 15.3. The summed E-state index contributed by atoms with van der Waals surface area (Å²) in [5.41, 5.74) is 1.46. The van der Waals surface area contributed by atoms with Crippen molar-refractivity contribution < 1.29 is 9.53 Å². The van der Waals surface area contributed by atoms with Crippen LogP contribution in [0.5, 0.6) is 5.75 Å². The number of carbonyl (C=O) groups is 1. The van der Waals surface area contributed by atoms with Gasteiger partial charge in [0.15, 0.2) is 0 Å². The van der Waals surface area contributed by atoms with E-state index in [2.05, 4.69) is 5.32 Å². The molecule has 0 radical (unpaired) electrons. The topological polar surface area (TPSA) is 38.3 Å². The monoisotopic (exact) mass is 283 g/mol. The van der Waals surface area contributed by atoms with Gasteiger partial charge in [-0.25, -0.2) is 0 Å². The third kappa shape index (κ3) is 4.95. The molecule has 0 atom stereocenters. The van der Waals surface area contributed by atoms with Gasteiger partial charge in [-0.05, 0) is 50.6 Å². The minimum Gasteiger partial charge on any atom is -0.489 e. The number of ether oxygens (including phenoxy) is 1. The maximum absolute atomic E-state index is 12.0. The Labute approximate surface area is 126 Å². The predicted molar refractivity (Wildman–Crippen MR) is 84.4 cm³/mol. The Hall–Kier alpha value is -2.29. The first-order valence-electron chi connectivity index (χ1n) is 7.03. The highest BCUT2D eigenvalue weighted by atomic mass is 16.5. The number of carbonyl (C=O) groups excluding carboxylic acids is 1. The van der Waals surface area contributed by atoms with Crippen molar-refractivity contribution in [3.05, 3.63) is 65.7 Å².